The van der Waals surface area contributed by atoms with E-state index < -0.39 is 18.3 Å². The molecular formula is C28H46FN5O2. The molecular weight excluding hydrogens is 457 g/mol. The number of halogens is 1. The van der Waals surface area contributed by atoms with Crippen molar-refractivity contribution in [2.24, 2.45) is 5.73 Å². The largest absolute Gasteiger partial charge is 0.377 e. The van der Waals surface area contributed by atoms with Crippen LogP contribution in [-0.4, -0.2) is 75.7 Å². The number of carbonyl (C=O) groups excluding carboxylic acids is 1. The molecule has 0 spiro atoms. The minimum atomic E-state index is -0.727. The number of hydrogen-bond donors (Lipinski definition) is 2. The summed E-state index contributed by atoms with van der Waals surface area (Å²) in [5, 5.41) is 19.9. The Kier molecular flexibility index (Phi) is 12.8. The standard InChI is InChI=1S/C21H30FN5O2.C5H10.C2H6/c1-3-8-26(14(2)10-23)20(28)18(24)13-25-12-17-9-19(25)21(29)27(17)11-15-4-6-16(22)7-5-15;1-2-4-5-3-1;1-2/h4-7,14,17-19,21,29H,3,8-9,11-13,24H2,1-2H3;1-5H2;1-2H3/t14-,17-,18?,19?,21?;;/m0../s1. The molecule has 7 nitrogen and oxygen atoms in total. The van der Waals surface area contributed by atoms with Gasteiger partial charge in [-0.15, -0.1) is 0 Å². The molecule has 3 aliphatic rings. The van der Waals surface area contributed by atoms with Crippen molar-refractivity contribution in [3.05, 3.63) is 35.6 Å². The van der Waals surface area contributed by atoms with Crippen molar-refractivity contribution in [1.29, 1.82) is 5.26 Å². The monoisotopic (exact) mass is 503 g/mol. The lowest BCUT2D eigenvalue weighted by Crippen LogP contribution is -2.58. The zero-order valence-corrected chi connectivity index (χ0v) is 22.6. The van der Waals surface area contributed by atoms with Gasteiger partial charge in [0.05, 0.1) is 18.2 Å². The van der Waals surface area contributed by atoms with E-state index in [9.17, 15) is 19.6 Å². The minimum absolute atomic E-state index is 0.0766. The molecule has 1 amide bonds. The Morgan fingerprint density at radius 3 is 2.31 bits per heavy atom. The smallest absolute Gasteiger partial charge is 0.241 e. The highest BCUT2D eigenvalue weighted by atomic mass is 19.1. The number of nitrogens with zero attached hydrogens (tertiary/aromatic N) is 4. The predicted octanol–water partition coefficient (Wildman–Crippen LogP) is 3.86. The highest BCUT2D eigenvalue weighted by Crippen LogP contribution is 2.35. The van der Waals surface area contributed by atoms with Crippen LogP contribution in [0.5, 0.6) is 0 Å². The molecule has 1 saturated carbocycles. The molecule has 3 N–H and O–H groups in total. The molecule has 0 radical (unpaired) electrons. The van der Waals surface area contributed by atoms with Crippen LogP contribution in [0.25, 0.3) is 0 Å². The van der Waals surface area contributed by atoms with Crippen molar-refractivity contribution in [2.45, 2.75) is 110 Å². The summed E-state index contributed by atoms with van der Waals surface area (Å²) in [6.45, 7) is 9.81. The number of aliphatic hydroxyl groups excluding tert-OH is 1. The second-order valence-electron chi connectivity index (χ2n) is 9.83. The topological polar surface area (TPSA) is 96.8 Å². The van der Waals surface area contributed by atoms with Gasteiger partial charge in [-0.25, -0.2) is 4.39 Å². The van der Waals surface area contributed by atoms with E-state index in [1.165, 1.54) is 49.1 Å². The third-order valence-electron chi connectivity index (χ3n) is 7.26. The van der Waals surface area contributed by atoms with Gasteiger partial charge in [0.1, 0.15) is 18.1 Å². The van der Waals surface area contributed by atoms with Gasteiger partial charge in [-0.2, -0.15) is 5.26 Å². The average molecular weight is 504 g/mol. The molecule has 2 heterocycles. The van der Waals surface area contributed by atoms with Crippen LogP contribution in [0, 0.1) is 17.1 Å². The molecule has 202 valence electrons. The molecule has 5 atom stereocenters. The summed E-state index contributed by atoms with van der Waals surface area (Å²) in [5.41, 5.74) is 7.15. The SMILES string of the molecule is C1CCCC1.CC.CCCN(C(=O)C(N)CN1C[C@@H]2CC1C(O)N2Cc1ccc(F)cc1)[C@@H](C)C#N. The maximum atomic E-state index is 13.1. The zero-order valence-electron chi connectivity index (χ0n) is 22.6. The van der Waals surface area contributed by atoms with E-state index >= 15 is 0 Å². The number of nitriles is 1. The van der Waals surface area contributed by atoms with E-state index in [-0.39, 0.29) is 23.8 Å². The zero-order chi connectivity index (χ0) is 26.7. The van der Waals surface area contributed by atoms with Crippen LogP contribution in [0.1, 0.15) is 78.2 Å². The molecule has 36 heavy (non-hydrogen) atoms. The lowest BCUT2D eigenvalue weighted by Gasteiger charge is -2.39. The number of piperazine rings is 1. The number of hydrogen-bond acceptors (Lipinski definition) is 6. The van der Waals surface area contributed by atoms with Gasteiger partial charge in [0.2, 0.25) is 5.91 Å². The Bertz CT molecular complexity index is 817. The van der Waals surface area contributed by atoms with Gasteiger partial charge in [-0.3, -0.25) is 14.6 Å². The predicted molar refractivity (Wildman–Crippen MR) is 141 cm³/mol. The summed E-state index contributed by atoms with van der Waals surface area (Å²) in [5.74, 6) is -0.494. The first-order valence-electron chi connectivity index (χ1n) is 13.7. The van der Waals surface area contributed by atoms with Crippen molar-refractivity contribution in [2.75, 3.05) is 19.6 Å². The molecule has 1 aromatic carbocycles. The van der Waals surface area contributed by atoms with E-state index in [2.05, 4.69) is 11.0 Å². The molecule has 2 aliphatic heterocycles. The van der Waals surface area contributed by atoms with E-state index in [0.29, 0.717) is 19.6 Å². The van der Waals surface area contributed by atoms with E-state index in [1.54, 1.807) is 19.1 Å². The van der Waals surface area contributed by atoms with Crippen molar-refractivity contribution in [1.82, 2.24) is 14.7 Å². The number of carbonyl (C=O) groups is 1. The lowest BCUT2D eigenvalue weighted by molar-refractivity contribution is -0.135. The van der Waals surface area contributed by atoms with E-state index in [4.69, 9.17) is 5.73 Å². The quantitative estimate of drug-likeness (QED) is 0.559. The van der Waals surface area contributed by atoms with Crippen LogP contribution >= 0.6 is 0 Å². The Morgan fingerprint density at radius 1 is 1.22 bits per heavy atom. The van der Waals surface area contributed by atoms with Crippen LogP contribution in [0.3, 0.4) is 0 Å². The van der Waals surface area contributed by atoms with E-state index in [1.807, 2.05) is 25.7 Å². The maximum absolute atomic E-state index is 13.1. The number of fused-ring (bicyclic) bond motifs is 2. The molecule has 1 aromatic rings. The fraction of sp³-hybridized carbons (Fsp3) is 0.714. The summed E-state index contributed by atoms with van der Waals surface area (Å²) >= 11 is 0. The number of amides is 1. The fourth-order valence-electron chi connectivity index (χ4n) is 5.36. The maximum Gasteiger partial charge on any atom is 0.241 e. The summed E-state index contributed by atoms with van der Waals surface area (Å²) in [6.07, 6.45) is 8.43. The summed E-state index contributed by atoms with van der Waals surface area (Å²) < 4.78 is 13.1. The van der Waals surface area contributed by atoms with Gasteiger partial charge < -0.3 is 15.7 Å². The second kappa shape index (κ2) is 15.3. The molecule has 4 rings (SSSR count). The number of nitrogens with two attached hydrogens (primary N) is 1. The molecule has 0 aromatic heterocycles. The number of aliphatic hydroxyl groups is 1. The lowest BCUT2D eigenvalue weighted by atomic mass is 10.1. The molecule has 3 fully saturated rings. The number of likely N-dealkylation sites (tertiary alicyclic amines) is 2. The van der Waals surface area contributed by atoms with Crippen LogP contribution in [0.2, 0.25) is 0 Å². The third-order valence-corrected chi connectivity index (χ3v) is 7.26. The molecule has 8 heteroatoms. The third kappa shape index (κ3) is 7.97. The Labute approximate surface area is 217 Å². The summed E-state index contributed by atoms with van der Waals surface area (Å²) in [4.78, 5) is 18.4. The van der Waals surface area contributed by atoms with Crippen LogP contribution in [-0.2, 0) is 11.3 Å². The first-order valence-corrected chi connectivity index (χ1v) is 13.7. The van der Waals surface area contributed by atoms with Crippen molar-refractivity contribution in [3.63, 3.8) is 0 Å². The Balaban J connectivity index is 0.000000570. The number of benzene rings is 1. The average Bonchev–Trinajstić information content (AvgIpc) is 3.65. The Morgan fingerprint density at radius 2 is 1.81 bits per heavy atom. The summed E-state index contributed by atoms with van der Waals surface area (Å²) in [7, 11) is 0. The van der Waals surface area contributed by atoms with Gasteiger partial charge in [-0.05, 0) is 37.5 Å². The van der Waals surface area contributed by atoms with Gasteiger partial charge in [0, 0.05) is 32.2 Å². The van der Waals surface area contributed by atoms with Gasteiger partial charge in [0.25, 0.3) is 0 Å². The van der Waals surface area contributed by atoms with Crippen molar-refractivity contribution >= 4 is 5.91 Å². The van der Waals surface area contributed by atoms with Crippen molar-refractivity contribution < 1.29 is 14.3 Å². The van der Waals surface area contributed by atoms with Gasteiger partial charge in [0.15, 0.2) is 0 Å². The Hall–Kier alpha value is -2.05. The molecule has 2 bridgehead atoms. The second-order valence-corrected chi connectivity index (χ2v) is 9.83. The fourth-order valence-corrected chi connectivity index (χ4v) is 5.36. The normalized spacial score (nSPS) is 24.7. The van der Waals surface area contributed by atoms with E-state index in [0.717, 1.165) is 24.9 Å². The first kappa shape index (κ1) is 30.2. The molecule has 2 saturated heterocycles. The van der Waals surface area contributed by atoms with Crippen molar-refractivity contribution in [3.8, 4) is 6.07 Å². The first-order chi connectivity index (χ1) is 17.3. The van der Waals surface area contributed by atoms with Gasteiger partial charge in [-0.1, -0.05) is 65.0 Å². The minimum Gasteiger partial charge on any atom is -0.377 e. The molecule has 1 aliphatic carbocycles. The molecule has 3 unspecified atom stereocenters. The highest BCUT2D eigenvalue weighted by molar-refractivity contribution is 5.82. The van der Waals surface area contributed by atoms with Gasteiger partial charge >= 0.3 is 0 Å². The van der Waals surface area contributed by atoms with Crippen LogP contribution < -0.4 is 5.73 Å². The number of rotatable bonds is 8. The summed E-state index contributed by atoms with van der Waals surface area (Å²) in [6, 6.07) is 7.29. The highest BCUT2D eigenvalue weighted by Gasteiger charge is 2.50. The van der Waals surface area contributed by atoms with Crippen LogP contribution in [0.15, 0.2) is 24.3 Å². The van der Waals surface area contributed by atoms with Crippen LogP contribution in [0.4, 0.5) is 4.39 Å².